The summed E-state index contributed by atoms with van der Waals surface area (Å²) in [4.78, 5) is 18.2. The molecule has 10 heteroatoms. The van der Waals surface area contributed by atoms with E-state index >= 15 is 0 Å². The van der Waals surface area contributed by atoms with Gasteiger partial charge < -0.3 is 16.0 Å². The predicted molar refractivity (Wildman–Crippen MR) is 116 cm³/mol. The minimum atomic E-state index is -4.59. The molecule has 1 spiro atoms. The topological polar surface area (TPSA) is 89.1 Å². The van der Waals surface area contributed by atoms with Crippen LogP contribution in [0.4, 0.5) is 23.8 Å². The number of hydrogen-bond acceptors (Lipinski definition) is 4. The van der Waals surface area contributed by atoms with Crippen molar-refractivity contribution in [2.75, 3.05) is 18.8 Å². The van der Waals surface area contributed by atoms with Gasteiger partial charge in [-0.2, -0.15) is 18.3 Å². The second-order valence-corrected chi connectivity index (χ2v) is 8.76. The van der Waals surface area contributed by atoms with Crippen LogP contribution in [-0.4, -0.2) is 38.8 Å². The number of hydrogen-bond donors (Lipinski definition) is 2. The van der Waals surface area contributed by atoms with Crippen LogP contribution in [0, 0.1) is 0 Å². The van der Waals surface area contributed by atoms with E-state index in [0.29, 0.717) is 25.3 Å². The van der Waals surface area contributed by atoms with Gasteiger partial charge in [0.25, 0.3) is 0 Å². The van der Waals surface area contributed by atoms with Crippen LogP contribution in [-0.2, 0) is 18.1 Å². The molecule has 3 aromatic rings. The van der Waals surface area contributed by atoms with Crippen LogP contribution in [0.25, 0.3) is 11.3 Å². The number of rotatable bonds is 3. The Morgan fingerprint density at radius 3 is 2.64 bits per heavy atom. The summed E-state index contributed by atoms with van der Waals surface area (Å²) < 4.78 is 41.5. The molecule has 2 aromatic heterocycles. The summed E-state index contributed by atoms with van der Waals surface area (Å²) in [7, 11) is 0. The number of halogens is 3. The number of likely N-dealkylation sites (tertiary alicyclic amines) is 1. The number of aromatic nitrogens is 3. The van der Waals surface area contributed by atoms with Crippen molar-refractivity contribution in [1.82, 2.24) is 25.0 Å². The third kappa shape index (κ3) is 3.69. The van der Waals surface area contributed by atoms with Gasteiger partial charge in [0, 0.05) is 42.5 Å². The first kappa shape index (κ1) is 21.3. The largest absolute Gasteiger partial charge is 0.419 e. The van der Waals surface area contributed by atoms with E-state index in [0.717, 1.165) is 23.7 Å². The van der Waals surface area contributed by atoms with Gasteiger partial charge in [0.15, 0.2) is 0 Å². The number of nitrogen functional groups attached to an aromatic ring is 1. The lowest BCUT2D eigenvalue weighted by atomic mass is 9.76. The molecule has 0 saturated carbocycles. The summed E-state index contributed by atoms with van der Waals surface area (Å²) >= 11 is 0. The predicted octanol–water partition coefficient (Wildman–Crippen LogP) is 3.97. The van der Waals surface area contributed by atoms with Crippen molar-refractivity contribution < 1.29 is 18.0 Å². The number of amides is 2. The highest BCUT2D eigenvalue weighted by Crippen LogP contribution is 2.44. The molecule has 7 nitrogen and oxygen atoms in total. The first-order chi connectivity index (χ1) is 15.7. The normalized spacial score (nSPS) is 17.5. The highest BCUT2D eigenvalue weighted by molar-refractivity contribution is 5.76. The molecule has 2 amide bonds. The molecular formula is C23H23F3N6O. The number of nitrogens with two attached hydrogens (primary N) is 1. The van der Waals surface area contributed by atoms with Crippen molar-refractivity contribution in [3.8, 4) is 11.3 Å². The van der Waals surface area contributed by atoms with Crippen molar-refractivity contribution in [3.63, 3.8) is 0 Å². The van der Waals surface area contributed by atoms with E-state index in [-0.39, 0.29) is 23.1 Å². The Kier molecular flexibility index (Phi) is 4.84. The minimum Gasteiger partial charge on any atom is -0.383 e. The summed E-state index contributed by atoms with van der Waals surface area (Å²) in [6.45, 7) is 3.67. The van der Waals surface area contributed by atoms with E-state index in [4.69, 9.17) is 5.73 Å². The number of nitrogens with zero attached hydrogens (tertiary/aromatic N) is 4. The summed E-state index contributed by atoms with van der Waals surface area (Å²) in [6, 6.07) is 12.3. The van der Waals surface area contributed by atoms with Crippen LogP contribution in [0.3, 0.4) is 0 Å². The quantitative estimate of drug-likeness (QED) is 0.624. The first-order valence-electron chi connectivity index (χ1n) is 10.7. The number of aryl methyl sites for hydroxylation is 1. The van der Waals surface area contributed by atoms with Crippen molar-refractivity contribution in [2.45, 2.75) is 37.5 Å². The second kappa shape index (κ2) is 7.50. The molecule has 0 bridgehead atoms. The maximum absolute atomic E-state index is 13.2. The lowest BCUT2D eigenvalue weighted by Gasteiger charge is -2.47. The van der Waals surface area contributed by atoms with Gasteiger partial charge in [-0.3, -0.25) is 4.68 Å². The first-order valence-corrected chi connectivity index (χ1v) is 10.7. The Hall–Kier alpha value is -3.56. The zero-order valence-corrected chi connectivity index (χ0v) is 17.9. The van der Waals surface area contributed by atoms with E-state index in [9.17, 15) is 18.0 Å². The number of carbonyl (C=O) groups excluding carboxylic acids is 1. The van der Waals surface area contributed by atoms with Crippen molar-refractivity contribution >= 4 is 11.8 Å². The van der Waals surface area contributed by atoms with Gasteiger partial charge in [-0.05, 0) is 31.0 Å². The number of pyridine rings is 1. The van der Waals surface area contributed by atoms with Gasteiger partial charge in [0.1, 0.15) is 5.82 Å². The van der Waals surface area contributed by atoms with Gasteiger partial charge in [-0.25, -0.2) is 9.78 Å². The molecule has 0 aliphatic carbocycles. The maximum atomic E-state index is 13.2. The Morgan fingerprint density at radius 2 is 1.94 bits per heavy atom. The summed E-state index contributed by atoms with van der Waals surface area (Å²) in [5.74, 6) is -0.556. The maximum Gasteiger partial charge on any atom is 0.419 e. The van der Waals surface area contributed by atoms with E-state index < -0.39 is 17.6 Å². The number of fused-ring (bicyclic) bond motifs is 2. The lowest BCUT2D eigenvalue weighted by Crippen LogP contribution is -2.62. The zero-order valence-electron chi connectivity index (χ0n) is 17.9. The number of anilines is 1. The molecule has 2 aliphatic heterocycles. The summed E-state index contributed by atoms with van der Waals surface area (Å²) in [6.07, 6.45) is -2.45. The van der Waals surface area contributed by atoms with Gasteiger partial charge in [-0.15, -0.1) is 0 Å². The summed E-state index contributed by atoms with van der Waals surface area (Å²) in [5, 5.41) is 7.52. The molecular weight excluding hydrogens is 433 g/mol. The van der Waals surface area contributed by atoms with Crippen molar-refractivity contribution in [2.24, 2.45) is 0 Å². The SMILES string of the molecule is C[C@@H](NC(=O)N1CC2(CCn3nc(-c4cnc(N)c(C(F)(F)F)c4)cc32)C1)c1ccccc1. The summed E-state index contributed by atoms with van der Waals surface area (Å²) in [5.41, 5.74) is 6.86. The van der Waals surface area contributed by atoms with Gasteiger partial charge in [0.2, 0.25) is 0 Å². The number of carbonyl (C=O) groups is 1. The second-order valence-electron chi connectivity index (χ2n) is 8.76. The Labute approximate surface area is 188 Å². The van der Waals surface area contributed by atoms with E-state index in [1.165, 1.54) is 6.20 Å². The van der Waals surface area contributed by atoms with Gasteiger partial charge >= 0.3 is 12.2 Å². The van der Waals surface area contributed by atoms with Crippen LogP contribution in [0.2, 0.25) is 0 Å². The van der Waals surface area contributed by atoms with Crippen LogP contribution in [0.15, 0.2) is 48.7 Å². The molecule has 1 aromatic carbocycles. The molecule has 4 heterocycles. The fourth-order valence-corrected chi connectivity index (χ4v) is 4.70. The molecule has 1 atom stereocenters. The molecule has 33 heavy (non-hydrogen) atoms. The molecule has 1 fully saturated rings. The molecule has 1 saturated heterocycles. The zero-order chi connectivity index (χ0) is 23.4. The number of nitrogens with one attached hydrogen (secondary N) is 1. The fraction of sp³-hybridized carbons (Fsp3) is 0.348. The standard InChI is InChI=1S/C23H23F3N6O/c1-14(15-5-3-2-4-6-15)29-21(33)31-12-22(13-31)7-8-32-19(22)10-18(30-32)16-9-17(23(24,25)26)20(27)28-11-16/h2-6,9-11,14H,7-8,12-13H2,1H3,(H2,27,28)(H,29,33)/t14-/m1/s1. The molecule has 0 unspecified atom stereocenters. The van der Waals surface area contributed by atoms with Crippen LogP contribution in [0.5, 0.6) is 0 Å². The van der Waals surface area contributed by atoms with Crippen LogP contribution < -0.4 is 11.1 Å². The highest BCUT2D eigenvalue weighted by atomic mass is 19.4. The number of alkyl halides is 3. The molecule has 172 valence electrons. The molecule has 5 rings (SSSR count). The van der Waals surface area contributed by atoms with Gasteiger partial charge in [-0.1, -0.05) is 30.3 Å². The Morgan fingerprint density at radius 1 is 1.21 bits per heavy atom. The fourth-order valence-electron chi connectivity index (χ4n) is 4.70. The highest BCUT2D eigenvalue weighted by Gasteiger charge is 2.51. The Balaban J connectivity index is 1.31. The Bertz CT molecular complexity index is 1200. The van der Waals surface area contributed by atoms with E-state index in [1.807, 2.05) is 48.0 Å². The van der Waals surface area contributed by atoms with Crippen molar-refractivity contribution in [3.05, 3.63) is 65.5 Å². The molecule has 2 aliphatic rings. The van der Waals surface area contributed by atoms with Crippen LogP contribution >= 0.6 is 0 Å². The molecule has 3 N–H and O–H groups in total. The average Bonchev–Trinajstić information content (AvgIpc) is 3.32. The number of urea groups is 1. The van der Waals surface area contributed by atoms with Crippen molar-refractivity contribution in [1.29, 1.82) is 0 Å². The third-order valence-corrected chi connectivity index (χ3v) is 6.56. The molecule has 0 radical (unpaired) electrons. The average molecular weight is 456 g/mol. The van der Waals surface area contributed by atoms with Crippen LogP contribution in [0.1, 0.15) is 36.2 Å². The number of benzene rings is 1. The minimum absolute atomic E-state index is 0.114. The van der Waals surface area contributed by atoms with E-state index in [2.05, 4.69) is 15.4 Å². The monoisotopic (exact) mass is 456 g/mol. The lowest BCUT2D eigenvalue weighted by molar-refractivity contribution is -0.137. The van der Waals surface area contributed by atoms with E-state index in [1.54, 1.807) is 4.90 Å². The third-order valence-electron chi connectivity index (χ3n) is 6.56. The van der Waals surface area contributed by atoms with Gasteiger partial charge in [0.05, 0.1) is 17.3 Å². The smallest absolute Gasteiger partial charge is 0.383 e.